The minimum Gasteiger partial charge on any atom is -0.378 e. The molecule has 1 aliphatic heterocycles. The van der Waals surface area contributed by atoms with E-state index in [-0.39, 0.29) is 17.9 Å². The van der Waals surface area contributed by atoms with Gasteiger partial charge in [0.15, 0.2) is 0 Å². The zero-order valence-corrected chi connectivity index (χ0v) is 14.6. The highest BCUT2D eigenvalue weighted by Gasteiger charge is 2.27. The molecule has 0 radical (unpaired) electrons. The Hall–Kier alpha value is -1.59. The lowest BCUT2D eigenvalue weighted by Gasteiger charge is -2.30. The first-order valence-corrected chi connectivity index (χ1v) is 9.05. The van der Waals surface area contributed by atoms with Gasteiger partial charge in [0.05, 0.1) is 13.2 Å². The Morgan fingerprint density at radius 3 is 2.62 bits per heavy atom. The molecule has 3 rings (SSSR count). The first-order chi connectivity index (χ1) is 11.6. The fourth-order valence-electron chi connectivity index (χ4n) is 3.75. The lowest BCUT2D eigenvalue weighted by Crippen LogP contribution is -2.38. The van der Waals surface area contributed by atoms with Crippen LogP contribution in [0.3, 0.4) is 0 Å². The lowest BCUT2D eigenvalue weighted by molar-refractivity contribution is -0.135. The average molecular weight is 331 g/mol. The maximum Gasteiger partial charge on any atom is 0.225 e. The molecule has 2 fully saturated rings. The third-order valence-electron chi connectivity index (χ3n) is 5.17. The first-order valence-electron chi connectivity index (χ1n) is 9.05. The number of benzene rings is 1. The van der Waals surface area contributed by atoms with E-state index in [1.807, 2.05) is 11.9 Å². The summed E-state index contributed by atoms with van der Waals surface area (Å²) in [7, 11) is 1.90. The minimum atomic E-state index is 0.103. The lowest BCUT2D eigenvalue weighted by atomic mass is 9.85. The average Bonchev–Trinajstić information content (AvgIpc) is 2.62. The van der Waals surface area contributed by atoms with E-state index >= 15 is 0 Å². The van der Waals surface area contributed by atoms with Gasteiger partial charge in [-0.15, -0.1) is 0 Å². The molecule has 2 unspecified atom stereocenters. The Morgan fingerprint density at radius 1 is 1.25 bits per heavy atom. The minimum absolute atomic E-state index is 0.103. The number of amides is 1. The van der Waals surface area contributed by atoms with Crippen molar-refractivity contribution in [3.05, 3.63) is 29.8 Å². The number of hydrogen-bond donors (Lipinski definition) is 1. The van der Waals surface area contributed by atoms with Crippen molar-refractivity contribution in [3.8, 4) is 0 Å². The molecule has 5 nitrogen and oxygen atoms in total. The number of carbonyl (C=O) groups excluding carboxylic acids is 1. The molecular formula is C19H29N3O2. The molecule has 1 saturated heterocycles. The van der Waals surface area contributed by atoms with Crippen LogP contribution in [0.1, 0.15) is 31.2 Å². The third kappa shape index (κ3) is 4.28. The molecule has 0 spiro atoms. The van der Waals surface area contributed by atoms with Crippen molar-refractivity contribution in [3.63, 3.8) is 0 Å². The van der Waals surface area contributed by atoms with Crippen LogP contribution in [0, 0.1) is 5.92 Å². The van der Waals surface area contributed by atoms with Crippen LogP contribution >= 0.6 is 0 Å². The van der Waals surface area contributed by atoms with Gasteiger partial charge in [-0.2, -0.15) is 0 Å². The second-order valence-corrected chi connectivity index (χ2v) is 7.08. The second kappa shape index (κ2) is 7.99. The summed E-state index contributed by atoms with van der Waals surface area (Å²) in [6.07, 6.45) is 3.93. The molecule has 132 valence electrons. The molecule has 1 aliphatic carbocycles. The Kier molecular flexibility index (Phi) is 5.74. The largest absolute Gasteiger partial charge is 0.378 e. The van der Waals surface area contributed by atoms with Crippen LogP contribution in [0.5, 0.6) is 0 Å². The molecule has 1 aromatic carbocycles. The number of morpholine rings is 1. The van der Waals surface area contributed by atoms with Crippen LogP contribution < -0.4 is 10.6 Å². The molecule has 1 amide bonds. The van der Waals surface area contributed by atoms with Gasteiger partial charge in [-0.1, -0.05) is 18.6 Å². The quantitative estimate of drug-likeness (QED) is 0.917. The van der Waals surface area contributed by atoms with Crippen molar-refractivity contribution < 1.29 is 9.53 Å². The normalized spacial score (nSPS) is 24.7. The number of ether oxygens (including phenoxy) is 1. The first kappa shape index (κ1) is 17.2. The van der Waals surface area contributed by atoms with Crippen molar-refractivity contribution in [2.75, 3.05) is 38.3 Å². The standard InChI is InChI=1S/C19H29N3O2/c1-21(19(23)16-3-2-4-17(20)13-16)14-15-5-7-18(8-6-15)22-9-11-24-12-10-22/h5-8,16-17H,2-4,9-14,20H2,1H3. The molecule has 1 saturated carbocycles. The number of carbonyl (C=O) groups is 1. The van der Waals surface area contributed by atoms with Crippen LogP contribution in [-0.4, -0.2) is 50.2 Å². The molecule has 2 atom stereocenters. The molecule has 1 aromatic rings. The summed E-state index contributed by atoms with van der Waals surface area (Å²) >= 11 is 0. The van der Waals surface area contributed by atoms with E-state index in [0.717, 1.165) is 52.0 Å². The molecule has 24 heavy (non-hydrogen) atoms. The van der Waals surface area contributed by atoms with Gasteiger partial charge in [0, 0.05) is 44.3 Å². The van der Waals surface area contributed by atoms with Gasteiger partial charge in [0.1, 0.15) is 0 Å². The van der Waals surface area contributed by atoms with Gasteiger partial charge in [-0.05, 0) is 37.0 Å². The predicted molar refractivity (Wildman–Crippen MR) is 95.9 cm³/mol. The van der Waals surface area contributed by atoms with E-state index in [9.17, 15) is 4.79 Å². The molecule has 2 aliphatic rings. The van der Waals surface area contributed by atoms with Gasteiger partial charge in [-0.25, -0.2) is 0 Å². The Balaban J connectivity index is 1.55. The molecule has 0 aromatic heterocycles. The number of rotatable bonds is 4. The van der Waals surface area contributed by atoms with Crippen molar-refractivity contribution in [1.29, 1.82) is 0 Å². The van der Waals surface area contributed by atoms with Crippen LogP contribution in [0.25, 0.3) is 0 Å². The van der Waals surface area contributed by atoms with Crippen molar-refractivity contribution in [2.45, 2.75) is 38.3 Å². The second-order valence-electron chi connectivity index (χ2n) is 7.08. The van der Waals surface area contributed by atoms with Gasteiger partial charge >= 0.3 is 0 Å². The zero-order valence-electron chi connectivity index (χ0n) is 14.6. The van der Waals surface area contributed by atoms with E-state index in [1.165, 1.54) is 11.3 Å². The Labute approximate surface area is 144 Å². The summed E-state index contributed by atoms with van der Waals surface area (Å²) in [5, 5.41) is 0. The van der Waals surface area contributed by atoms with Crippen LogP contribution in [-0.2, 0) is 16.1 Å². The van der Waals surface area contributed by atoms with E-state index in [4.69, 9.17) is 10.5 Å². The van der Waals surface area contributed by atoms with Gasteiger partial charge in [0.2, 0.25) is 5.91 Å². The number of nitrogens with zero attached hydrogens (tertiary/aromatic N) is 2. The van der Waals surface area contributed by atoms with Crippen molar-refractivity contribution >= 4 is 11.6 Å². The zero-order chi connectivity index (χ0) is 16.9. The summed E-state index contributed by atoms with van der Waals surface area (Å²) in [6.45, 7) is 4.14. The highest BCUT2D eigenvalue weighted by Crippen LogP contribution is 2.25. The molecule has 5 heteroatoms. The Morgan fingerprint density at radius 2 is 1.96 bits per heavy atom. The fourth-order valence-corrected chi connectivity index (χ4v) is 3.75. The predicted octanol–water partition coefficient (Wildman–Crippen LogP) is 2.00. The number of anilines is 1. The van der Waals surface area contributed by atoms with Gasteiger partial charge in [-0.3, -0.25) is 4.79 Å². The smallest absolute Gasteiger partial charge is 0.225 e. The fraction of sp³-hybridized carbons (Fsp3) is 0.632. The monoisotopic (exact) mass is 331 g/mol. The number of nitrogens with two attached hydrogens (primary N) is 1. The van der Waals surface area contributed by atoms with Gasteiger partial charge < -0.3 is 20.3 Å². The van der Waals surface area contributed by atoms with Crippen LogP contribution in [0.4, 0.5) is 5.69 Å². The molecule has 1 heterocycles. The van der Waals surface area contributed by atoms with Crippen LogP contribution in [0.15, 0.2) is 24.3 Å². The molecular weight excluding hydrogens is 302 g/mol. The topological polar surface area (TPSA) is 58.8 Å². The summed E-state index contributed by atoms with van der Waals surface area (Å²) in [5.74, 6) is 0.341. The van der Waals surface area contributed by atoms with Crippen molar-refractivity contribution in [2.24, 2.45) is 11.7 Å². The number of hydrogen-bond acceptors (Lipinski definition) is 4. The van der Waals surface area contributed by atoms with E-state index in [0.29, 0.717) is 6.54 Å². The van der Waals surface area contributed by atoms with E-state index in [2.05, 4.69) is 29.2 Å². The maximum absolute atomic E-state index is 12.6. The highest BCUT2D eigenvalue weighted by atomic mass is 16.5. The van der Waals surface area contributed by atoms with Gasteiger partial charge in [0.25, 0.3) is 0 Å². The SMILES string of the molecule is CN(Cc1ccc(N2CCOCC2)cc1)C(=O)C1CCCC(N)C1. The molecule has 0 bridgehead atoms. The molecule has 2 N–H and O–H groups in total. The van der Waals surface area contributed by atoms with E-state index in [1.54, 1.807) is 0 Å². The van der Waals surface area contributed by atoms with Crippen molar-refractivity contribution in [1.82, 2.24) is 4.90 Å². The third-order valence-corrected chi connectivity index (χ3v) is 5.17. The summed E-state index contributed by atoms with van der Waals surface area (Å²) in [4.78, 5) is 16.8. The summed E-state index contributed by atoms with van der Waals surface area (Å²) in [5.41, 5.74) is 8.42. The Bertz CT molecular complexity index is 540. The van der Waals surface area contributed by atoms with E-state index < -0.39 is 0 Å². The summed E-state index contributed by atoms with van der Waals surface area (Å²) in [6, 6.07) is 8.74. The summed E-state index contributed by atoms with van der Waals surface area (Å²) < 4.78 is 5.39. The maximum atomic E-state index is 12.6. The highest BCUT2D eigenvalue weighted by molar-refractivity contribution is 5.78. The van der Waals surface area contributed by atoms with Crippen LogP contribution in [0.2, 0.25) is 0 Å².